The summed E-state index contributed by atoms with van der Waals surface area (Å²) in [5.74, 6) is 0. The predicted octanol–water partition coefficient (Wildman–Crippen LogP) is 2.82. The monoisotopic (exact) mass is 299 g/mol. The lowest BCUT2D eigenvalue weighted by atomic mass is 10.1. The van der Waals surface area contributed by atoms with Crippen LogP contribution in [0.5, 0.6) is 0 Å². The molecular weight excluding hydrogens is 288 g/mol. The summed E-state index contributed by atoms with van der Waals surface area (Å²) in [6.07, 6.45) is 4.48. The Hall–Kier alpha value is -2.46. The summed E-state index contributed by atoms with van der Waals surface area (Å²) >= 11 is 5.94. The fraction of sp³-hybridized carbons (Fsp3) is 0.0625. The summed E-state index contributed by atoms with van der Waals surface area (Å²) in [5.41, 5.74) is 3.13. The van der Waals surface area contributed by atoms with Crippen LogP contribution in [-0.2, 0) is 6.42 Å². The van der Waals surface area contributed by atoms with Crippen molar-refractivity contribution in [3.05, 3.63) is 70.6 Å². The molecule has 21 heavy (non-hydrogen) atoms. The van der Waals surface area contributed by atoms with E-state index in [0.29, 0.717) is 22.5 Å². The summed E-state index contributed by atoms with van der Waals surface area (Å²) in [6, 6.07) is 10.9. The van der Waals surface area contributed by atoms with E-state index in [1.54, 1.807) is 24.4 Å². The van der Waals surface area contributed by atoms with Gasteiger partial charge in [0, 0.05) is 34.7 Å². The van der Waals surface area contributed by atoms with Crippen LogP contribution in [-0.4, -0.2) is 16.5 Å². The molecule has 0 saturated heterocycles. The Morgan fingerprint density at radius 1 is 1.24 bits per heavy atom. The lowest BCUT2D eigenvalue weighted by Gasteiger charge is -2.03. The first-order valence-corrected chi connectivity index (χ1v) is 6.77. The van der Waals surface area contributed by atoms with Crippen molar-refractivity contribution >= 4 is 28.8 Å². The fourth-order valence-electron chi connectivity index (χ4n) is 2.29. The molecule has 0 bridgehead atoms. The van der Waals surface area contributed by atoms with Crippen LogP contribution in [0, 0.1) is 0 Å². The Labute approximate surface area is 126 Å². The Balaban J connectivity index is 1.99. The normalized spacial score (nSPS) is 10.7. The number of nitrogens with zero attached hydrogens (tertiary/aromatic N) is 2. The Kier molecular flexibility index (Phi) is 3.54. The maximum Gasteiger partial charge on any atom is 0.264 e. The second-order valence-corrected chi connectivity index (χ2v) is 5.21. The van der Waals surface area contributed by atoms with Crippen LogP contribution < -0.4 is 4.73 Å². The van der Waals surface area contributed by atoms with Crippen LogP contribution in [0.2, 0.25) is 5.02 Å². The molecule has 1 N–H and O–H groups in total. The summed E-state index contributed by atoms with van der Waals surface area (Å²) in [4.78, 5) is 15.0. The number of carbonyl (C=O) groups excluding carboxylic acids is 1. The second kappa shape index (κ2) is 5.50. The molecule has 0 amide bonds. The van der Waals surface area contributed by atoms with E-state index < -0.39 is 0 Å². The van der Waals surface area contributed by atoms with Crippen molar-refractivity contribution in [1.82, 2.24) is 4.98 Å². The van der Waals surface area contributed by atoms with E-state index in [4.69, 9.17) is 11.6 Å². The summed E-state index contributed by atoms with van der Waals surface area (Å²) in [6.45, 7) is 0. The van der Waals surface area contributed by atoms with Gasteiger partial charge in [0.2, 0.25) is 6.20 Å². The minimum Gasteiger partial charge on any atom is -0.298 e. The van der Waals surface area contributed by atoms with Crippen molar-refractivity contribution < 1.29 is 14.7 Å². The van der Waals surface area contributed by atoms with Crippen molar-refractivity contribution in [1.29, 1.82) is 0 Å². The van der Waals surface area contributed by atoms with Crippen LogP contribution in [0.15, 0.2) is 48.8 Å². The summed E-state index contributed by atoms with van der Waals surface area (Å²) in [7, 11) is 0. The first-order valence-electron chi connectivity index (χ1n) is 6.39. The average molecular weight is 300 g/mol. The molecule has 2 heterocycles. The number of aldehydes is 1. The number of hydrogen-bond acceptors (Lipinski definition) is 3. The highest BCUT2D eigenvalue weighted by molar-refractivity contribution is 6.30. The molecule has 0 aliphatic heterocycles. The molecule has 0 unspecified atom stereocenters. The quantitative estimate of drug-likeness (QED) is 0.460. The molecule has 0 spiro atoms. The van der Waals surface area contributed by atoms with Gasteiger partial charge < -0.3 is 0 Å². The van der Waals surface area contributed by atoms with Gasteiger partial charge in [-0.25, -0.2) is 0 Å². The first kappa shape index (κ1) is 13.5. The number of hydrogen-bond donors (Lipinski definition) is 1. The third kappa shape index (κ3) is 2.85. The van der Waals surface area contributed by atoms with Gasteiger partial charge in [-0.2, -0.15) is 0 Å². The molecule has 0 saturated carbocycles. The van der Waals surface area contributed by atoms with E-state index in [2.05, 4.69) is 4.98 Å². The van der Waals surface area contributed by atoms with Crippen LogP contribution >= 0.6 is 11.6 Å². The van der Waals surface area contributed by atoms with Crippen LogP contribution in [0.3, 0.4) is 0 Å². The number of carbonyl (C=O) groups is 1. The number of aromatic nitrogens is 2. The number of pyridine rings is 2. The predicted molar refractivity (Wildman–Crippen MR) is 78.8 cm³/mol. The summed E-state index contributed by atoms with van der Waals surface area (Å²) < 4.78 is 1.01. The second-order valence-electron chi connectivity index (χ2n) is 4.77. The van der Waals surface area contributed by atoms with Crippen molar-refractivity contribution in [2.45, 2.75) is 6.42 Å². The fourth-order valence-corrected chi connectivity index (χ4v) is 2.50. The zero-order valence-corrected chi connectivity index (χ0v) is 11.8. The third-order valence-electron chi connectivity index (χ3n) is 3.24. The van der Waals surface area contributed by atoms with Gasteiger partial charge in [0.15, 0.2) is 0 Å². The van der Waals surface area contributed by atoms with E-state index in [0.717, 1.165) is 27.7 Å². The van der Waals surface area contributed by atoms with Gasteiger partial charge in [-0.1, -0.05) is 17.7 Å². The Bertz CT molecular complexity index is 834. The van der Waals surface area contributed by atoms with E-state index in [1.165, 1.54) is 6.20 Å². The van der Waals surface area contributed by atoms with E-state index in [1.807, 2.05) is 18.2 Å². The van der Waals surface area contributed by atoms with Crippen molar-refractivity contribution in [3.63, 3.8) is 0 Å². The number of fused-ring (bicyclic) bond motifs is 1. The number of benzene rings is 1. The third-order valence-corrected chi connectivity index (χ3v) is 3.45. The highest BCUT2D eigenvalue weighted by Crippen LogP contribution is 2.18. The zero-order valence-electron chi connectivity index (χ0n) is 11.0. The average Bonchev–Trinajstić information content (AvgIpc) is 2.47. The lowest BCUT2D eigenvalue weighted by Crippen LogP contribution is -2.30. The molecular formula is C16H12ClN2O2+. The maximum atomic E-state index is 10.8. The van der Waals surface area contributed by atoms with Crippen molar-refractivity contribution in [2.24, 2.45) is 0 Å². The first-order chi connectivity index (χ1) is 10.2. The Morgan fingerprint density at radius 2 is 2.10 bits per heavy atom. The van der Waals surface area contributed by atoms with Crippen molar-refractivity contribution in [3.8, 4) is 0 Å². The maximum absolute atomic E-state index is 10.8. The van der Waals surface area contributed by atoms with E-state index in [-0.39, 0.29) is 0 Å². The van der Waals surface area contributed by atoms with Crippen molar-refractivity contribution in [2.75, 3.05) is 0 Å². The minimum absolute atomic E-state index is 0.461. The molecule has 104 valence electrons. The molecule has 0 radical (unpaired) electrons. The Morgan fingerprint density at radius 3 is 2.90 bits per heavy atom. The van der Waals surface area contributed by atoms with Gasteiger partial charge in [-0.15, -0.1) is 0 Å². The molecule has 0 atom stereocenters. The highest BCUT2D eigenvalue weighted by Gasteiger charge is 2.11. The molecule has 3 rings (SSSR count). The zero-order chi connectivity index (χ0) is 14.8. The van der Waals surface area contributed by atoms with Gasteiger partial charge >= 0.3 is 0 Å². The smallest absolute Gasteiger partial charge is 0.264 e. The lowest BCUT2D eigenvalue weighted by molar-refractivity contribution is -0.884. The number of halogens is 1. The molecule has 0 aliphatic carbocycles. The van der Waals surface area contributed by atoms with Gasteiger partial charge in [0.1, 0.15) is 11.3 Å². The van der Waals surface area contributed by atoms with E-state index in [9.17, 15) is 10.0 Å². The standard InChI is InChI=1S/C16H12ClN2O2/c17-14-8-13-5-11(1-2-16(13)19(21)9-14)6-15-7-12(10-20)3-4-18-15/h1-5,7-10,21H,6H2/q+1. The highest BCUT2D eigenvalue weighted by atomic mass is 35.5. The van der Waals surface area contributed by atoms with Gasteiger partial charge in [0.25, 0.3) is 5.52 Å². The van der Waals surface area contributed by atoms with Crippen LogP contribution in [0.1, 0.15) is 21.6 Å². The van der Waals surface area contributed by atoms with Crippen LogP contribution in [0.4, 0.5) is 0 Å². The topological polar surface area (TPSA) is 54.1 Å². The minimum atomic E-state index is 0.461. The molecule has 0 aliphatic rings. The molecule has 3 aromatic rings. The molecule has 0 fully saturated rings. The molecule has 2 aromatic heterocycles. The largest absolute Gasteiger partial charge is 0.298 e. The number of rotatable bonds is 3. The summed E-state index contributed by atoms with van der Waals surface area (Å²) in [5, 5.41) is 11.1. The molecule has 1 aromatic carbocycles. The molecule has 4 nitrogen and oxygen atoms in total. The van der Waals surface area contributed by atoms with Gasteiger partial charge in [0.05, 0.1) is 5.39 Å². The van der Waals surface area contributed by atoms with Crippen LogP contribution in [0.25, 0.3) is 10.9 Å². The van der Waals surface area contributed by atoms with Gasteiger partial charge in [-0.3, -0.25) is 15.0 Å². The molecule has 5 heteroatoms. The SMILES string of the molecule is O=Cc1ccnc(Cc2ccc3c(cc(Cl)c[n+]3O)c2)c1. The van der Waals surface area contributed by atoms with Gasteiger partial charge in [-0.05, 0) is 29.8 Å². The van der Waals surface area contributed by atoms with E-state index >= 15 is 0 Å².